The van der Waals surface area contributed by atoms with E-state index in [9.17, 15) is 9.18 Å². The minimum Gasteiger partial charge on any atom is -0.477 e. The maximum Gasteiger partial charge on any atom is 0.348 e. The molecule has 2 rings (SSSR count). The molecule has 0 saturated heterocycles. The summed E-state index contributed by atoms with van der Waals surface area (Å²) < 4.78 is 13.7. The lowest BCUT2D eigenvalue weighted by molar-refractivity contribution is 0.0703. The second-order valence-electron chi connectivity index (χ2n) is 3.73. The first-order chi connectivity index (χ1) is 8.41. The van der Waals surface area contributed by atoms with E-state index in [1.165, 1.54) is 18.2 Å². The number of anilines is 1. The van der Waals surface area contributed by atoms with Crippen molar-refractivity contribution in [2.75, 3.05) is 5.73 Å². The van der Waals surface area contributed by atoms with E-state index in [0.717, 1.165) is 11.3 Å². The van der Waals surface area contributed by atoms with Crippen LogP contribution in [0, 0.1) is 12.7 Å². The van der Waals surface area contributed by atoms with Gasteiger partial charge in [0.1, 0.15) is 10.7 Å². The van der Waals surface area contributed by atoms with Crippen LogP contribution in [0.4, 0.5) is 10.1 Å². The highest BCUT2D eigenvalue weighted by atomic mass is 35.5. The summed E-state index contributed by atoms with van der Waals surface area (Å²) in [5, 5.41) is 9.37. The number of carboxylic acid groups (broad SMARTS) is 1. The minimum atomic E-state index is -1.12. The molecule has 6 heteroatoms. The summed E-state index contributed by atoms with van der Waals surface area (Å²) in [6.07, 6.45) is 0. The van der Waals surface area contributed by atoms with Crippen LogP contribution < -0.4 is 5.73 Å². The predicted octanol–water partition coefficient (Wildman–Crippen LogP) is 3.80. The number of carboxylic acids is 1. The lowest BCUT2D eigenvalue weighted by atomic mass is 10.1. The number of aromatic carboxylic acids is 1. The zero-order valence-electron chi connectivity index (χ0n) is 9.33. The molecule has 0 spiro atoms. The van der Waals surface area contributed by atoms with Crippen molar-refractivity contribution in [2.24, 2.45) is 0 Å². The maximum absolute atomic E-state index is 13.7. The highest BCUT2D eigenvalue weighted by Gasteiger charge is 2.20. The lowest BCUT2D eigenvalue weighted by Gasteiger charge is -2.02. The smallest absolute Gasteiger partial charge is 0.348 e. The van der Waals surface area contributed by atoms with Crippen LogP contribution in [0.2, 0.25) is 5.02 Å². The number of hydrogen-bond acceptors (Lipinski definition) is 3. The van der Waals surface area contributed by atoms with E-state index in [1.807, 2.05) is 0 Å². The quantitative estimate of drug-likeness (QED) is 0.882. The summed E-state index contributed by atoms with van der Waals surface area (Å²) in [5.74, 6) is -1.57. The molecule has 1 aromatic carbocycles. The summed E-state index contributed by atoms with van der Waals surface area (Å²) in [5.41, 5.74) is 6.69. The van der Waals surface area contributed by atoms with Crippen molar-refractivity contribution in [1.29, 1.82) is 0 Å². The van der Waals surface area contributed by atoms with E-state index < -0.39 is 11.8 Å². The summed E-state index contributed by atoms with van der Waals surface area (Å²) in [6.45, 7) is 1.66. The number of nitrogen functional groups attached to an aromatic ring is 1. The largest absolute Gasteiger partial charge is 0.477 e. The van der Waals surface area contributed by atoms with E-state index in [1.54, 1.807) is 6.92 Å². The highest BCUT2D eigenvalue weighted by Crippen LogP contribution is 2.39. The predicted molar refractivity (Wildman–Crippen MR) is 70.8 cm³/mol. The van der Waals surface area contributed by atoms with Crippen LogP contribution in [0.3, 0.4) is 0 Å². The fourth-order valence-electron chi connectivity index (χ4n) is 1.61. The van der Waals surface area contributed by atoms with Crippen molar-refractivity contribution < 1.29 is 14.3 Å². The number of nitrogens with two attached hydrogens (primary N) is 1. The monoisotopic (exact) mass is 285 g/mol. The van der Waals surface area contributed by atoms with Crippen molar-refractivity contribution >= 4 is 34.6 Å². The Balaban J connectivity index is 2.68. The van der Waals surface area contributed by atoms with Gasteiger partial charge < -0.3 is 10.8 Å². The first-order valence-corrected chi connectivity index (χ1v) is 6.19. The normalized spacial score (nSPS) is 10.6. The van der Waals surface area contributed by atoms with Gasteiger partial charge in [-0.15, -0.1) is 11.3 Å². The van der Waals surface area contributed by atoms with Crippen molar-refractivity contribution in [3.05, 3.63) is 39.5 Å². The number of thiophene rings is 1. The van der Waals surface area contributed by atoms with E-state index in [2.05, 4.69) is 0 Å². The number of carbonyl (C=O) groups is 1. The molecule has 3 N–H and O–H groups in total. The molecule has 0 aliphatic carbocycles. The van der Waals surface area contributed by atoms with Crippen molar-refractivity contribution in [3.8, 4) is 10.4 Å². The molecule has 0 saturated carbocycles. The summed E-state index contributed by atoms with van der Waals surface area (Å²) in [6, 6.07) is 4.14. The zero-order chi connectivity index (χ0) is 13.4. The Morgan fingerprint density at radius 2 is 2.17 bits per heavy atom. The molecule has 3 nitrogen and oxygen atoms in total. The van der Waals surface area contributed by atoms with Gasteiger partial charge in [-0.05, 0) is 30.7 Å². The van der Waals surface area contributed by atoms with Crippen molar-refractivity contribution in [1.82, 2.24) is 0 Å². The Morgan fingerprint density at radius 1 is 1.50 bits per heavy atom. The zero-order valence-corrected chi connectivity index (χ0v) is 10.9. The SMILES string of the molecule is Cc1c(-c2cc(Cl)ccc2F)sc(C(=O)O)c1N. The standard InChI is InChI=1S/C12H9ClFNO2S/c1-5-9(15)11(12(16)17)18-10(5)7-4-6(13)2-3-8(7)14/h2-4H,15H2,1H3,(H,16,17). The number of benzene rings is 1. The van der Waals surface area contributed by atoms with E-state index in [0.29, 0.717) is 15.5 Å². The Kier molecular flexibility index (Phi) is 3.28. The van der Waals surface area contributed by atoms with Crippen molar-refractivity contribution in [3.63, 3.8) is 0 Å². The number of halogens is 2. The van der Waals surface area contributed by atoms with Gasteiger partial charge in [-0.1, -0.05) is 11.6 Å². The van der Waals surface area contributed by atoms with Gasteiger partial charge >= 0.3 is 5.97 Å². The minimum absolute atomic E-state index is 0.0156. The first-order valence-electron chi connectivity index (χ1n) is 4.99. The third-order valence-corrected chi connectivity index (χ3v) is 4.12. The molecule has 1 heterocycles. The molecule has 94 valence electrons. The van der Waals surface area contributed by atoms with Gasteiger partial charge in [-0.3, -0.25) is 0 Å². The average Bonchev–Trinajstić information content (AvgIpc) is 2.60. The Labute approximate surface area is 112 Å². The summed E-state index contributed by atoms with van der Waals surface area (Å²) in [4.78, 5) is 11.5. The molecule has 0 atom stereocenters. The van der Waals surface area contributed by atoms with Gasteiger partial charge in [0.15, 0.2) is 0 Å². The summed E-state index contributed by atoms with van der Waals surface area (Å²) >= 11 is 6.77. The van der Waals surface area contributed by atoms with Gasteiger partial charge in [0.2, 0.25) is 0 Å². The molecule has 0 bridgehead atoms. The molecule has 18 heavy (non-hydrogen) atoms. The number of hydrogen-bond donors (Lipinski definition) is 2. The maximum atomic E-state index is 13.7. The van der Waals surface area contributed by atoms with E-state index >= 15 is 0 Å². The highest BCUT2D eigenvalue weighted by molar-refractivity contribution is 7.18. The fraction of sp³-hybridized carbons (Fsp3) is 0.0833. The molecular formula is C12H9ClFNO2S. The Morgan fingerprint density at radius 3 is 2.72 bits per heavy atom. The molecule has 0 radical (unpaired) electrons. The molecule has 0 unspecified atom stereocenters. The van der Waals surface area contributed by atoms with Gasteiger partial charge in [0.25, 0.3) is 0 Å². The first kappa shape index (κ1) is 12.9. The van der Waals surface area contributed by atoms with Crippen molar-refractivity contribution in [2.45, 2.75) is 6.92 Å². The van der Waals surface area contributed by atoms with Crippen LogP contribution in [0.1, 0.15) is 15.2 Å². The molecule has 0 aliphatic heterocycles. The van der Waals surface area contributed by atoms with Gasteiger partial charge in [-0.2, -0.15) is 0 Å². The summed E-state index contributed by atoms with van der Waals surface area (Å²) in [7, 11) is 0. The van der Waals surface area contributed by atoms with Crippen LogP contribution in [0.5, 0.6) is 0 Å². The van der Waals surface area contributed by atoms with Gasteiger partial charge in [-0.25, -0.2) is 9.18 Å². The molecule has 1 aromatic heterocycles. The van der Waals surface area contributed by atoms with Crippen LogP contribution in [-0.2, 0) is 0 Å². The third kappa shape index (κ3) is 2.07. The molecule has 0 aliphatic rings. The second-order valence-corrected chi connectivity index (χ2v) is 5.19. The van der Waals surface area contributed by atoms with E-state index in [4.69, 9.17) is 22.4 Å². The molecule has 0 fully saturated rings. The van der Waals surface area contributed by atoms with Gasteiger partial charge in [0.05, 0.1) is 5.69 Å². The molecular weight excluding hydrogens is 277 g/mol. The average molecular weight is 286 g/mol. The van der Waals surface area contributed by atoms with Crippen LogP contribution in [-0.4, -0.2) is 11.1 Å². The van der Waals surface area contributed by atoms with E-state index in [-0.39, 0.29) is 16.1 Å². The molecule has 0 amide bonds. The number of rotatable bonds is 2. The molecule has 2 aromatic rings. The van der Waals surface area contributed by atoms with Crippen LogP contribution in [0.25, 0.3) is 10.4 Å². The fourth-order valence-corrected chi connectivity index (χ4v) is 2.87. The Bertz CT molecular complexity index is 639. The van der Waals surface area contributed by atoms with Gasteiger partial charge in [0, 0.05) is 15.5 Å². The lowest BCUT2D eigenvalue weighted by Crippen LogP contribution is -1.97. The Hall–Kier alpha value is -1.59. The topological polar surface area (TPSA) is 63.3 Å². The third-order valence-electron chi connectivity index (χ3n) is 2.56. The van der Waals surface area contributed by atoms with Crippen LogP contribution >= 0.6 is 22.9 Å². The second kappa shape index (κ2) is 4.59. The van der Waals surface area contributed by atoms with Crippen LogP contribution in [0.15, 0.2) is 18.2 Å².